The van der Waals surface area contributed by atoms with Crippen LogP contribution in [0, 0.1) is 0 Å². The van der Waals surface area contributed by atoms with Crippen LogP contribution in [-0.4, -0.2) is 23.6 Å². The minimum Gasteiger partial charge on any atom is -0.491 e. The van der Waals surface area contributed by atoms with Gasteiger partial charge in [-0.25, -0.2) is 4.79 Å². The molecule has 0 spiro atoms. The average Bonchev–Trinajstić information content (AvgIpc) is 2.59. The predicted molar refractivity (Wildman–Crippen MR) is 88.6 cm³/mol. The number of hydrogen-bond donors (Lipinski definition) is 2. The van der Waals surface area contributed by atoms with Crippen LogP contribution in [0.5, 0.6) is 5.75 Å². The minimum atomic E-state index is -4.57. The van der Waals surface area contributed by atoms with Gasteiger partial charge >= 0.3 is 12.1 Å². The van der Waals surface area contributed by atoms with Gasteiger partial charge in [0.25, 0.3) is 5.91 Å². The largest absolute Gasteiger partial charge is 0.491 e. The van der Waals surface area contributed by atoms with Crippen molar-refractivity contribution in [2.24, 2.45) is 0 Å². The molecular formula is C18H16F3NO4. The lowest BCUT2D eigenvalue weighted by Crippen LogP contribution is -2.15. The van der Waals surface area contributed by atoms with E-state index in [-0.39, 0.29) is 22.6 Å². The number of carbonyl (C=O) groups is 2. The van der Waals surface area contributed by atoms with Crippen molar-refractivity contribution in [3.63, 3.8) is 0 Å². The first kappa shape index (κ1) is 19.3. The molecule has 2 N–H and O–H groups in total. The second kappa shape index (κ2) is 7.90. The van der Waals surface area contributed by atoms with Crippen LogP contribution in [0.4, 0.5) is 18.9 Å². The molecule has 0 atom stereocenters. The monoisotopic (exact) mass is 367 g/mol. The number of anilines is 1. The van der Waals surface area contributed by atoms with Crippen LogP contribution in [0.1, 0.15) is 39.6 Å². The summed E-state index contributed by atoms with van der Waals surface area (Å²) in [6.07, 6.45) is -3.89. The van der Waals surface area contributed by atoms with Gasteiger partial charge in [-0.05, 0) is 42.8 Å². The summed E-state index contributed by atoms with van der Waals surface area (Å²) in [7, 11) is 0. The molecule has 0 aliphatic rings. The second-order valence-corrected chi connectivity index (χ2v) is 5.40. The van der Waals surface area contributed by atoms with Crippen LogP contribution in [-0.2, 0) is 6.18 Å². The number of nitrogens with one attached hydrogen (secondary N) is 1. The smallest absolute Gasteiger partial charge is 0.416 e. The summed E-state index contributed by atoms with van der Waals surface area (Å²) in [5.74, 6) is -1.78. The summed E-state index contributed by atoms with van der Waals surface area (Å²) in [4.78, 5) is 23.4. The molecule has 8 heteroatoms. The Morgan fingerprint density at radius 3 is 2.46 bits per heavy atom. The minimum absolute atomic E-state index is 0.0701. The Morgan fingerprint density at radius 1 is 1.12 bits per heavy atom. The van der Waals surface area contributed by atoms with E-state index in [1.807, 2.05) is 6.92 Å². The SMILES string of the molecule is CCCOc1ccc(C(=O)O)cc1NC(=O)c1cccc(C(F)(F)F)c1. The number of aromatic carboxylic acids is 1. The standard InChI is InChI=1S/C18H16F3NO4/c1-2-8-26-15-7-6-12(17(24)25)10-14(15)22-16(23)11-4-3-5-13(9-11)18(19,20)21/h3-7,9-10H,2,8H2,1H3,(H,22,23)(H,24,25). The molecule has 2 aromatic carbocycles. The first-order chi connectivity index (χ1) is 12.2. The highest BCUT2D eigenvalue weighted by molar-refractivity contribution is 6.05. The van der Waals surface area contributed by atoms with Gasteiger partial charge in [-0.2, -0.15) is 13.2 Å². The molecule has 5 nitrogen and oxygen atoms in total. The molecule has 0 aromatic heterocycles. The highest BCUT2D eigenvalue weighted by atomic mass is 19.4. The molecule has 0 bridgehead atoms. The average molecular weight is 367 g/mol. The topological polar surface area (TPSA) is 75.6 Å². The molecule has 2 rings (SSSR count). The lowest BCUT2D eigenvalue weighted by atomic mass is 10.1. The van der Waals surface area contributed by atoms with Gasteiger partial charge in [0.1, 0.15) is 5.75 Å². The van der Waals surface area contributed by atoms with Crippen LogP contribution in [0.2, 0.25) is 0 Å². The Bertz CT molecular complexity index is 818. The molecule has 138 valence electrons. The van der Waals surface area contributed by atoms with Gasteiger partial charge in [-0.3, -0.25) is 4.79 Å². The lowest BCUT2D eigenvalue weighted by Gasteiger charge is -2.14. The summed E-state index contributed by atoms with van der Waals surface area (Å²) in [6.45, 7) is 2.20. The molecule has 26 heavy (non-hydrogen) atoms. The second-order valence-electron chi connectivity index (χ2n) is 5.40. The van der Waals surface area contributed by atoms with Crippen molar-refractivity contribution >= 4 is 17.6 Å². The van der Waals surface area contributed by atoms with Crippen molar-refractivity contribution < 1.29 is 32.6 Å². The van der Waals surface area contributed by atoms with E-state index in [1.54, 1.807) is 0 Å². The molecule has 1 amide bonds. The molecule has 0 heterocycles. The molecule has 0 aliphatic carbocycles. The Kier molecular flexibility index (Phi) is 5.86. The lowest BCUT2D eigenvalue weighted by molar-refractivity contribution is -0.137. The van der Waals surface area contributed by atoms with Gasteiger partial charge in [0.05, 0.1) is 23.4 Å². The molecule has 2 aromatic rings. The zero-order chi connectivity index (χ0) is 19.3. The van der Waals surface area contributed by atoms with Crippen LogP contribution in [0.15, 0.2) is 42.5 Å². The number of ether oxygens (including phenoxy) is 1. The first-order valence-electron chi connectivity index (χ1n) is 7.71. The quantitative estimate of drug-likeness (QED) is 0.791. The molecule has 0 radical (unpaired) electrons. The predicted octanol–water partition coefficient (Wildman–Crippen LogP) is 4.44. The van der Waals surface area contributed by atoms with Crippen LogP contribution in [0.3, 0.4) is 0 Å². The van der Waals surface area contributed by atoms with Crippen molar-refractivity contribution in [1.82, 2.24) is 0 Å². The third kappa shape index (κ3) is 4.75. The number of halogens is 3. The Labute approximate surface area is 147 Å². The van der Waals surface area contributed by atoms with Crippen molar-refractivity contribution in [2.45, 2.75) is 19.5 Å². The van der Waals surface area contributed by atoms with Crippen molar-refractivity contribution in [3.8, 4) is 5.75 Å². The number of amides is 1. The highest BCUT2D eigenvalue weighted by Crippen LogP contribution is 2.30. The van der Waals surface area contributed by atoms with Crippen LogP contribution >= 0.6 is 0 Å². The van der Waals surface area contributed by atoms with E-state index >= 15 is 0 Å². The summed E-state index contributed by atoms with van der Waals surface area (Å²) in [6, 6.07) is 7.84. The van der Waals surface area contributed by atoms with E-state index < -0.39 is 23.6 Å². The van der Waals surface area contributed by atoms with Gasteiger partial charge in [0, 0.05) is 5.56 Å². The third-order valence-electron chi connectivity index (χ3n) is 3.39. The van der Waals surface area contributed by atoms with E-state index in [4.69, 9.17) is 9.84 Å². The van der Waals surface area contributed by atoms with Crippen LogP contribution in [0.25, 0.3) is 0 Å². The van der Waals surface area contributed by atoms with E-state index in [1.165, 1.54) is 24.3 Å². The molecule has 0 saturated carbocycles. The number of benzene rings is 2. The highest BCUT2D eigenvalue weighted by Gasteiger charge is 2.31. The Morgan fingerprint density at radius 2 is 1.85 bits per heavy atom. The summed E-state index contributed by atoms with van der Waals surface area (Å²) < 4.78 is 43.8. The molecule has 0 fully saturated rings. The maximum atomic E-state index is 12.8. The fourth-order valence-corrected chi connectivity index (χ4v) is 2.13. The summed E-state index contributed by atoms with van der Waals surface area (Å²) in [5.41, 5.74) is -1.18. The van der Waals surface area contributed by atoms with Gasteiger partial charge in [0.2, 0.25) is 0 Å². The Hall–Kier alpha value is -3.03. The maximum absolute atomic E-state index is 12.8. The van der Waals surface area contributed by atoms with Gasteiger partial charge in [0.15, 0.2) is 0 Å². The number of alkyl halides is 3. The number of rotatable bonds is 6. The third-order valence-corrected chi connectivity index (χ3v) is 3.39. The maximum Gasteiger partial charge on any atom is 0.416 e. The number of hydrogen-bond acceptors (Lipinski definition) is 3. The molecule has 0 saturated heterocycles. The number of carboxylic acids is 1. The van der Waals surface area contributed by atoms with Crippen molar-refractivity contribution in [3.05, 3.63) is 59.2 Å². The summed E-state index contributed by atoms with van der Waals surface area (Å²) in [5, 5.41) is 11.5. The van der Waals surface area contributed by atoms with E-state index in [9.17, 15) is 22.8 Å². The number of carbonyl (C=O) groups excluding carboxylic acids is 1. The first-order valence-corrected chi connectivity index (χ1v) is 7.71. The van der Waals surface area contributed by atoms with E-state index in [0.29, 0.717) is 13.0 Å². The zero-order valence-corrected chi connectivity index (χ0v) is 13.8. The van der Waals surface area contributed by atoms with E-state index in [2.05, 4.69) is 5.32 Å². The Balaban J connectivity index is 2.32. The molecule has 0 aliphatic heterocycles. The van der Waals surface area contributed by atoms with Gasteiger partial charge in [-0.1, -0.05) is 13.0 Å². The normalized spacial score (nSPS) is 11.1. The molecular weight excluding hydrogens is 351 g/mol. The molecule has 0 unspecified atom stereocenters. The van der Waals surface area contributed by atoms with E-state index in [0.717, 1.165) is 18.2 Å². The number of carboxylic acid groups (broad SMARTS) is 1. The van der Waals surface area contributed by atoms with Gasteiger partial charge in [-0.15, -0.1) is 0 Å². The van der Waals surface area contributed by atoms with Gasteiger partial charge < -0.3 is 15.2 Å². The zero-order valence-electron chi connectivity index (χ0n) is 13.8. The fourth-order valence-electron chi connectivity index (χ4n) is 2.13. The summed E-state index contributed by atoms with van der Waals surface area (Å²) >= 11 is 0. The fraction of sp³-hybridized carbons (Fsp3) is 0.222. The van der Waals surface area contributed by atoms with Crippen molar-refractivity contribution in [1.29, 1.82) is 0 Å². The van der Waals surface area contributed by atoms with Crippen molar-refractivity contribution in [2.75, 3.05) is 11.9 Å². The van der Waals surface area contributed by atoms with Crippen LogP contribution < -0.4 is 10.1 Å².